The van der Waals surface area contributed by atoms with Crippen LogP contribution < -0.4 is 28.7 Å². The average Bonchev–Trinajstić information content (AvgIpc) is 2.38. The summed E-state index contributed by atoms with van der Waals surface area (Å²) in [5.74, 6) is -3.55. The van der Waals surface area contributed by atoms with Gasteiger partial charge in [-0.3, -0.25) is 4.79 Å². The molecule has 0 aromatic heterocycles. The van der Waals surface area contributed by atoms with Crippen molar-refractivity contribution in [1.29, 1.82) is 0 Å². The number of hydrogen-bond donors (Lipinski definition) is 0. The van der Waals surface area contributed by atoms with Crippen molar-refractivity contribution < 1.29 is 47.4 Å². The molecule has 102 valence electrons. The van der Waals surface area contributed by atoms with Crippen molar-refractivity contribution in [3.63, 3.8) is 0 Å². The Morgan fingerprint density at radius 1 is 1.35 bits per heavy atom. The van der Waals surface area contributed by atoms with Crippen LogP contribution in [0.4, 0.5) is 4.39 Å². The van der Waals surface area contributed by atoms with Crippen LogP contribution in [0.5, 0.6) is 5.75 Å². The Bertz CT molecular complexity index is 527. The van der Waals surface area contributed by atoms with Crippen molar-refractivity contribution in [1.82, 2.24) is 0 Å². The van der Waals surface area contributed by atoms with Crippen LogP contribution in [0, 0.1) is 5.82 Å². The van der Waals surface area contributed by atoms with Gasteiger partial charge < -0.3 is 14.6 Å². The molecule has 7 heteroatoms. The molecular weight excluding hydrogens is 262 g/mol. The standard InChI is InChI=1S/C13H13FO5.Li/c1-3-19-13(17)12(16)7-11(15)8-4-9(14)6-10(5-8)18-2;/h4-7,15H,3H2,1-2H3;/q;+1/p-1. The Morgan fingerprint density at radius 2 is 2.00 bits per heavy atom. The molecular formula is C13H12FLiO5. The van der Waals surface area contributed by atoms with E-state index in [1.807, 2.05) is 0 Å². The number of hydrogen-bond acceptors (Lipinski definition) is 5. The van der Waals surface area contributed by atoms with Crippen molar-refractivity contribution in [3.8, 4) is 5.75 Å². The average molecular weight is 274 g/mol. The predicted octanol–water partition coefficient (Wildman–Crippen LogP) is -2.33. The molecule has 0 saturated carbocycles. The van der Waals surface area contributed by atoms with Gasteiger partial charge in [0, 0.05) is 6.07 Å². The third kappa shape index (κ3) is 5.08. The fourth-order valence-electron chi connectivity index (χ4n) is 1.29. The maximum atomic E-state index is 13.2. The van der Waals surface area contributed by atoms with Gasteiger partial charge in [-0.25, -0.2) is 9.18 Å². The molecule has 0 aliphatic carbocycles. The van der Waals surface area contributed by atoms with Gasteiger partial charge in [0.1, 0.15) is 11.6 Å². The quantitative estimate of drug-likeness (QED) is 0.198. The largest absolute Gasteiger partial charge is 1.00 e. The SMILES string of the molecule is CCOC(=O)C(=O)C=C([O-])c1cc(F)cc(OC)c1.[Li+]. The zero-order valence-electron chi connectivity index (χ0n) is 11.4. The number of carbonyl (C=O) groups is 2. The molecule has 0 aliphatic rings. The van der Waals surface area contributed by atoms with Crippen molar-refractivity contribution in [2.24, 2.45) is 0 Å². The van der Waals surface area contributed by atoms with E-state index in [-0.39, 0.29) is 36.8 Å². The van der Waals surface area contributed by atoms with E-state index in [0.717, 1.165) is 12.1 Å². The summed E-state index contributed by atoms with van der Waals surface area (Å²) < 4.78 is 22.4. The Kier molecular flexibility index (Phi) is 7.66. The Hall–Kier alpha value is -1.77. The van der Waals surface area contributed by atoms with E-state index in [9.17, 15) is 19.1 Å². The normalized spacial score (nSPS) is 10.4. The molecule has 0 bridgehead atoms. The molecule has 0 aliphatic heterocycles. The van der Waals surface area contributed by atoms with Crippen molar-refractivity contribution in [3.05, 3.63) is 35.7 Å². The van der Waals surface area contributed by atoms with Crippen LogP contribution in [0.2, 0.25) is 0 Å². The number of esters is 1. The van der Waals surface area contributed by atoms with Crippen LogP contribution in [-0.2, 0) is 14.3 Å². The molecule has 0 N–H and O–H groups in total. The molecule has 0 fully saturated rings. The summed E-state index contributed by atoms with van der Waals surface area (Å²) in [6.45, 7) is 1.56. The molecule has 0 atom stereocenters. The first-order chi connectivity index (χ1) is 8.97. The molecule has 0 spiro atoms. The fraction of sp³-hybridized carbons (Fsp3) is 0.231. The first-order valence-corrected chi connectivity index (χ1v) is 5.42. The number of ether oxygens (including phenoxy) is 2. The van der Waals surface area contributed by atoms with E-state index in [2.05, 4.69) is 4.74 Å². The molecule has 20 heavy (non-hydrogen) atoms. The number of rotatable bonds is 5. The predicted molar refractivity (Wildman–Crippen MR) is 62.6 cm³/mol. The minimum absolute atomic E-state index is 0. The van der Waals surface area contributed by atoms with Gasteiger partial charge in [0.05, 0.1) is 13.7 Å². The molecule has 0 amide bonds. The number of benzene rings is 1. The van der Waals surface area contributed by atoms with Gasteiger partial charge >= 0.3 is 24.8 Å². The van der Waals surface area contributed by atoms with Crippen molar-refractivity contribution in [2.75, 3.05) is 13.7 Å². The third-order valence-corrected chi connectivity index (χ3v) is 2.13. The monoisotopic (exact) mass is 274 g/mol. The summed E-state index contributed by atoms with van der Waals surface area (Å²) in [6, 6.07) is 3.30. The van der Waals surface area contributed by atoms with Gasteiger partial charge in [-0.1, -0.05) is 5.76 Å². The van der Waals surface area contributed by atoms with Gasteiger partial charge in [-0.05, 0) is 30.7 Å². The summed E-state index contributed by atoms with van der Waals surface area (Å²) in [4.78, 5) is 22.3. The minimum atomic E-state index is -1.13. The van der Waals surface area contributed by atoms with Crippen LogP contribution in [-0.4, -0.2) is 25.5 Å². The number of halogens is 1. The van der Waals surface area contributed by atoms with E-state index in [1.165, 1.54) is 20.1 Å². The molecule has 1 aromatic carbocycles. The smallest absolute Gasteiger partial charge is 0.872 e. The number of carbonyl (C=O) groups excluding carboxylic acids is 2. The van der Waals surface area contributed by atoms with Gasteiger partial charge in [0.25, 0.3) is 5.78 Å². The summed E-state index contributed by atoms with van der Waals surface area (Å²) in [5.41, 5.74) is -0.0884. The second-order valence-electron chi connectivity index (χ2n) is 3.47. The van der Waals surface area contributed by atoms with Crippen LogP contribution in [0.3, 0.4) is 0 Å². The summed E-state index contributed by atoms with van der Waals surface area (Å²) >= 11 is 0. The molecule has 1 aromatic rings. The maximum Gasteiger partial charge on any atom is 1.00 e. The fourth-order valence-corrected chi connectivity index (χ4v) is 1.29. The maximum absolute atomic E-state index is 13.2. The topological polar surface area (TPSA) is 75.7 Å². The van der Waals surface area contributed by atoms with E-state index < -0.39 is 23.3 Å². The van der Waals surface area contributed by atoms with Gasteiger partial charge in [0.15, 0.2) is 0 Å². The zero-order valence-corrected chi connectivity index (χ0v) is 11.4. The Balaban J connectivity index is 0.00000361. The summed E-state index contributed by atoms with van der Waals surface area (Å²) in [6.07, 6.45) is 0.562. The summed E-state index contributed by atoms with van der Waals surface area (Å²) in [5, 5.41) is 11.7. The third-order valence-electron chi connectivity index (χ3n) is 2.13. The molecule has 0 saturated heterocycles. The van der Waals surface area contributed by atoms with E-state index in [4.69, 9.17) is 4.74 Å². The Morgan fingerprint density at radius 3 is 2.55 bits per heavy atom. The summed E-state index contributed by atoms with van der Waals surface area (Å²) in [7, 11) is 1.32. The number of methoxy groups -OCH3 is 1. The second-order valence-corrected chi connectivity index (χ2v) is 3.47. The molecule has 0 unspecified atom stereocenters. The first-order valence-electron chi connectivity index (χ1n) is 5.42. The van der Waals surface area contributed by atoms with Gasteiger partial charge in [-0.2, -0.15) is 0 Å². The van der Waals surface area contributed by atoms with Gasteiger partial charge in [0.2, 0.25) is 0 Å². The van der Waals surface area contributed by atoms with Crippen LogP contribution in [0.15, 0.2) is 24.3 Å². The van der Waals surface area contributed by atoms with E-state index >= 15 is 0 Å². The molecule has 0 radical (unpaired) electrons. The molecule has 0 heterocycles. The minimum Gasteiger partial charge on any atom is -0.872 e. The first kappa shape index (κ1) is 18.2. The molecule has 1 rings (SSSR count). The van der Waals surface area contributed by atoms with Gasteiger partial charge in [-0.15, -0.1) is 0 Å². The zero-order chi connectivity index (χ0) is 14.4. The van der Waals surface area contributed by atoms with E-state index in [1.54, 1.807) is 0 Å². The van der Waals surface area contributed by atoms with E-state index in [0.29, 0.717) is 6.08 Å². The van der Waals surface area contributed by atoms with Crippen LogP contribution in [0.25, 0.3) is 5.76 Å². The van der Waals surface area contributed by atoms with Crippen molar-refractivity contribution >= 4 is 17.5 Å². The van der Waals surface area contributed by atoms with Crippen LogP contribution in [0.1, 0.15) is 12.5 Å². The second kappa shape index (κ2) is 8.41. The number of ketones is 1. The molecule has 5 nitrogen and oxygen atoms in total. The van der Waals surface area contributed by atoms with Crippen molar-refractivity contribution in [2.45, 2.75) is 6.92 Å². The van der Waals surface area contributed by atoms with Crippen LogP contribution >= 0.6 is 0 Å². The Labute approximate surface area is 127 Å².